The van der Waals surface area contributed by atoms with Gasteiger partial charge in [0.15, 0.2) is 6.10 Å². The second-order valence-electron chi connectivity index (χ2n) is 3.90. The van der Waals surface area contributed by atoms with Crippen molar-refractivity contribution in [3.8, 4) is 5.75 Å². The molecule has 6 nitrogen and oxygen atoms in total. The lowest BCUT2D eigenvalue weighted by atomic mass is 10.1. The molecule has 0 fully saturated rings. The summed E-state index contributed by atoms with van der Waals surface area (Å²) in [7, 11) is 1.48. The molecule has 0 radical (unpaired) electrons. The second-order valence-corrected chi connectivity index (χ2v) is 3.90. The predicted molar refractivity (Wildman–Crippen MR) is 71.0 cm³/mol. The van der Waals surface area contributed by atoms with Gasteiger partial charge in [0.25, 0.3) is 5.91 Å². The Kier molecular flexibility index (Phi) is 5.17. The molecule has 6 heteroatoms. The number of methoxy groups -OCH3 is 1. The van der Waals surface area contributed by atoms with Gasteiger partial charge in [-0.3, -0.25) is 4.79 Å². The van der Waals surface area contributed by atoms with Crippen LogP contribution in [0.15, 0.2) is 18.2 Å². The summed E-state index contributed by atoms with van der Waals surface area (Å²) >= 11 is 0. The Hall–Kier alpha value is -2.24. The molecule has 0 aliphatic rings. The van der Waals surface area contributed by atoms with Gasteiger partial charge in [0, 0.05) is 12.2 Å². The fraction of sp³-hybridized carbons (Fsp3) is 0.385. The minimum absolute atomic E-state index is 0.176. The number of nitrogen functional groups attached to an aromatic ring is 1. The first-order valence-corrected chi connectivity index (χ1v) is 5.91. The number of nitrogens with two attached hydrogens (primary N) is 1. The van der Waals surface area contributed by atoms with Crippen LogP contribution in [0.3, 0.4) is 0 Å². The SMILES string of the molecule is CCNC(=O)C(C)OC(=O)c1cc(OC)ccc1N. The van der Waals surface area contributed by atoms with E-state index in [2.05, 4.69) is 5.32 Å². The van der Waals surface area contributed by atoms with Crippen molar-refractivity contribution in [2.75, 3.05) is 19.4 Å². The lowest BCUT2D eigenvalue weighted by molar-refractivity contribution is -0.128. The van der Waals surface area contributed by atoms with Gasteiger partial charge in [-0.05, 0) is 32.0 Å². The quantitative estimate of drug-likeness (QED) is 0.612. The first kappa shape index (κ1) is 14.8. The molecule has 0 spiro atoms. The van der Waals surface area contributed by atoms with Gasteiger partial charge in [-0.25, -0.2) is 4.79 Å². The lowest BCUT2D eigenvalue weighted by Crippen LogP contribution is -2.35. The maximum atomic E-state index is 11.9. The van der Waals surface area contributed by atoms with Crippen LogP contribution in [-0.2, 0) is 9.53 Å². The van der Waals surface area contributed by atoms with Crippen molar-refractivity contribution < 1.29 is 19.1 Å². The van der Waals surface area contributed by atoms with Gasteiger partial charge >= 0.3 is 5.97 Å². The number of ether oxygens (including phenoxy) is 2. The van der Waals surface area contributed by atoms with Crippen molar-refractivity contribution in [3.05, 3.63) is 23.8 Å². The summed E-state index contributed by atoms with van der Waals surface area (Å²) in [6.07, 6.45) is -0.877. The van der Waals surface area contributed by atoms with Gasteiger partial charge < -0.3 is 20.5 Å². The number of nitrogens with one attached hydrogen (secondary N) is 1. The summed E-state index contributed by atoms with van der Waals surface area (Å²) in [5.74, 6) is -0.515. The highest BCUT2D eigenvalue weighted by Crippen LogP contribution is 2.20. The molecule has 0 heterocycles. The highest BCUT2D eigenvalue weighted by atomic mass is 16.5. The maximum absolute atomic E-state index is 11.9. The van der Waals surface area contributed by atoms with Crippen LogP contribution in [0.5, 0.6) is 5.75 Å². The van der Waals surface area contributed by atoms with Crippen molar-refractivity contribution in [2.45, 2.75) is 20.0 Å². The number of amides is 1. The smallest absolute Gasteiger partial charge is 0.341 e. The van der Waals surface area contributed by atoms with Crippen molar-refractivity contribution in [1.29, 1.82) is 0 Å². The van der Waals surface area contributed by atoms with E-state index in [1.54, 1.807) is 19.1 Å². The molecule has 19 heavy (non-hydrogen) atoms. The van der Waals surface area contributed by atoms with Gasteiger partial charge in [-0.2, -0.15) is 0 Å². The fourth-order valence-electron chi connectivity index (χ4n) is 1.43. The molecule has 1 unspecified atom stereocenters. The van der Waals surface area contributed by atoms with Crippen LogP contribution in [-0.4, -0.2) is 31.6 Å². The minimum atomic E-state index is -0.877. The third-order valence-corrected chi connectivity index (χ3v) is 2.48. The number of hydrogen-bond acceptors (Lipinski definition) is 5. The average molecular weight is 266 g/mol. The van der Waals surface area contributed by atoms with Crippen LogP contribution in [0.1, 0.15) is 24.2 Å². The molecular weight excluding hydrogens is 248 g/mol. The molecule has 3 N–H and O–H groups in total. The Morgan fingerprint density at radius 1 is 1.42 bits per heavy atom. The molecule has 1 atom stereocenters. The van der Waals surface area contributed by atoms with E-state index in [-0.39, 0.29) is 17.2 Å². The Labute approximate surface area is 111 Å². The van der Waals surface area contributed by atoms with E-state index in [1.807, 2.05) is 0 Å². The molecule has 0 saturated carbocycles. The number of esters is 1. The van der Waals surface area contributed by atoms with E-state index in [0.29, 0.717) is 12.3 Å². The zero-order valence-corrected chi connectivity index (χ0v) is 11.2. The molecular formula is C13H18N2O4. The van der Waals surface area contributed by atoms with E-state index in [0.717, 1.165) is 0 Å². The summed E-state index contributed by atoms with van der Waals surface area (Å²) in [5.41, 5.74) is 6.15. The average Bonchev–Trinajstić information content (AvgIpc) is 2.39. The fourth-order valence-corrected chi connectivity index (χ4v) is 1.43. The predicted octanol–water partition coefficient (Wildman–Crippen LogP) is 0.959. The van der Waals surface area contributed by atoms with E-state index >= 15 is 0 Å². The Bertz CT molecular complexity index is 474. The summed E-state index contributed by atoms with van der Waals surface area (Å²) in [4.78, 5) is 23.4. The van der Waals surface area contributed by atoms with Crippen molar-refractivity contribution >= 4 is 17.6 Å². The zero-order chi connectivity index (χ0) is 14.4. The minimum Gasteiger partial charge on any atom is -0.497 e. The molecule has 0 bridgehead atoms. The van der Waals surface area contributed by atoms with E-state index in [1.165, 1.54) is 20.1 Å². The number of hydrogen-bond donors (Lipinski definition) is 2. The molecule has 0 aliphatic carbocycles. The normalized spacial score (nSPS) is 11.5. The standard InChI is InChI=1S/C13H18N2O4/c1-4-15-12(16)8(2)19-13(17)10-7-9(18-3)5-6-11(10)14/h5-8H,4,14H2,1-3H3,(H,15,16). The van der Waals surface area contributed by atoms with Gasteiger partial charge in [-0.1, -0.05) is 0 Å². The maximum Gasteiger partial charge on any atom is 0.341 e. The van der Waals surface area contributed by atoms with Crippen LogP contribution >= 0.6 is 0 Å². The summed E-state index contributed by atoms with van der Waals surface area (Å²) in [6, 6.07) is 4.66. The molecule has 104 valence electrons. The van der Waals surface area contributed by atoms with Crippen LogP contribution in [0.4, 0.5) is 5.69 Å². The molecule has 0 aliphatic heterocycles. The van der Waals surface area contributed by atoms with Gasteiger partial charge in [-0.15, -0.1) is 0 Å². The lowest BCUT2D eigenvalue weighted by Gasteiger charge is -2.14. The highest BCUT2D eigenvalue weighted by Gasteiger charge is 2.20. The van der Waals surface area contributed by atoms with Gasteiger partial charge in [0.1, 0.15) is 5.75 Å². The van der Waals surface area contributed by atoms with Crippen molar-refractivity contribution in [2.24, 2.45) is 0 Å². The molecule has 1 aromatic carbocycles. The Balaban J connectivity index is 2.80. The molecule has 1 rings (SSSR count). The highest BCUT2D eigenvalue weighted by molar-refractivity contribution is 5.97. The van der Waals surface area contributed by atoms with E-state index in [9.17, 15) is 9.59 Å². The molecule has 0 aromatic heterocycles. The largest absolute Gasteiger partial charge is 0.497 e. The van der Waals surface area contributed by atoms with E-state index < -0.39 is 12.1 Å². The number of likely N-dealkylation sites (N-methyl/N-ethyl adjacent to an activating group) is 1. The van der Waals surface area contributed by atoms with Crippen molar-refractivity contribution in [1.82, 2.24) is 5.32 Å². The molecule has 0 saturated heterocycles. The van der Waals surface area contributed by atoms with Crippen LogP contribution < -0.4 is 15.8 Å². The second kappa shape index (κ2) is 6.63. The van der Waals surface area contributed by atoms with Crippen LogP contribution in [0, 0.1) is 0 Å². The monoisotopic (exact) mass is 266 g/mol. The van der Waals surface area contributed by atoms with Crippen LogP contribution in [0.25, 0.3) is 0 Å². The van der Waals surface area contributed by atoms with Crippen LogP contribution in [0.2, 0.25) is 0 Å². The number of benzene rings is 1. The topological polar surface area (TPSA) is 90.6 Å². The summed E-state index contributed by atoms with van der Waals surface area (Å²) < 4.78 is 10.1. The number of anilines is 1. The first-order chi connectivity index (χ1) is 8.99. The first-order valence-electron chi connectivity index (χ1n) is 5.91. The summed E-state index contributed by atoms with van der Waals surface area (Å²) in [5, 5.41) is 2.57. The third kappa shape index (κ3) is 3.87. The molecule has 1 aromatic rings. The Morgan fingerprint density at radius 3 is 2.68 bits per heavy atom. The number of carbonyl (C=O) groups is 2. The van der Waals surface area contributed by atoms with Gasteiger partial charge in [0.2, 0.25) is 0 Å². The van der Waals surface area contributed by atoms with Crippen molar-refractivity contribution in [3.63, 3.8) is 0 Å². The molecule has 1 amide bonds. The third-order valence-electron chi connectivity index (χ3n) is 2.48. The zero-order valence-electron chi connectivity index (χ0n) is 11.2. The number of carbonyl (C=O) groups excluding carboxylic acids is 2. The summed E-state index contributed by atoms with van der Waals surface area (Å²) in [6.45, 7) is 3.76. The van der Waals surface area contributed by atoms with E-state index in [4.69, 9.17) is 15.2 Å². The Morgan fingerprint density at radius 2 is 2.11 bits per heavy atom. The number of rotatable bonds is 5. The van der Waals surface area contributed by atoms with Gasteiger partial charge in [0.05, 0.1) is 12.7 Å².